The van der Waals surface area contributed by atoms with Gasteiger partial charge in [0, 0.05) is 26.6 Å². The van der Waals surface area contributed by atoms with Crippen molar-refractivity contribution in [3.8, 4) is 0 Å². The van der Waals surface area contributed by atoms with E-state index in [4.69, 9.17) is 4.74 Å². The van der Waals surface area contributed by atoms with E-state index < -0.39 is 0 Å². The molecule has 0 saturated carbocycles. The van der Waals surface area contributed by atoms with Crippen LogP contribution < -0.4 is 0 Å². The molecule has 3 nitrogen and oxygen atoms in total. The van der Waals surface area contributed by atoms with E-state index in [-0.39, 0.29) is 17.3 Å². The van der Waals surface area contributed by atoms with E-state index in [1.807, 2.05) is 17.0 Å². The van der Waals surface area contributed by atoms with Crippen molar-refractivity contribution in [2.24, 2.45) is 5.92 Å². The SMILES string of the molecule is CC(=O)N1CCC2(CC1)C[C@@H](Cc1ccc(F)cc1)CCO2. The molecule has 0 N–H and O–H groups in total. The van der Waals surface area contributed by atoms with E-state index in [1.54, 1.807) is 6.92 Å². The monoisotopic (exact) mass is 305 g/mol. The summed E-state index contributed by atoms with van der Waals surface area (Å²) >= 11 is 0. The van der Waals surface area contributed by atoms with Gasteiger partial charge in [-0.3, -0.25) is 4.79 Å². The topological polar surface area (TPSA) is 29.5 Å². The Balaban J connectivity index is 1.60. The first-order chi connectivity index (χ1) is 10.6. The van der Waals surface area contributed by atoms with Crippen LogP contribution in [0.1, 0.15) is 38.2 Å². The lowest BCUT2D eigenvalue weighted by Crippen LogP contribution is -2.50. The number of hydrogen-bond donors (Lipinski definition) is 0. The molecule has 1 aromatic rings. The van der Waals surface area contributed by atoms with Gasteiger partial charge in [0.1, 0.15) is 5.82 Å². The maximum absolute atomic E-state index is 13.0. The van der Waals surface area contributed by atoms with Gasteiger partial charge >= 0.3 is 0 Å². The normalized spacial score (nSPS) is 24.5. The highest BCUT2D eigenvalue weighted by Crippen LogP contribution is 2.38. The molecular weight excluding hydrogens is 281 g/mol. The third-order valence-corrected chi connectivity index (χ3v) is 5.15. The molecule has 0 aromatic heterocycles. The van der Waals surface area contributed by atoms with Crippen LogP contribution in [0, 0.1) is 11.7 Å². The number of benzene rings is 1. The summed E-state index contributed by atoms with van der Waals surface area (Å²) < 4.78 is 19.1. The van der Waals surface area contributed by atoms with Crippen LogP contribution in [0.4, 0.5) is 4.39 Å². The van der Waals surface area contributed by atoms with E-state index in [0.29, 0.717) is 5.92 Å². The Kier molecular flexibility index (Phi) is 4.48. The first-order valence-corrected chi connectivity index (χ1v) is 8.20. The molecule has 120 valence electrons. The van der Waals surface area contributed by atoms with Crippen LogP contribution in [0.5, 0.6) is 0 Å². The van der Waals surface area contributed by atoms with E-state index >= 15 is 0 Å². The lowest BCUT2D eigenvalue weighted by molar-refractivity contribution is -0.145. The summed E-state index contributed by atoms with van der Waals surface area (Å²) in [6.45, 7) is 4.04. The van der Waals surface area contributed by atoms with Crippen LogP contribution in [-0.4, -0.2) is 36.1 Å². The van der Waals surface area contributed by atoms with Gasteiger partial charge in [0.15, 0.2) is 0 Å². The van der Waals surface area contributed by atoms with Gasteiger partial charge in [-0.15, -0.1) is 0 Å². The summed E-state index contributed by atoms with van der Waals surface area (Å²) in [6.07, 6.45) is 4.98. The van der Waals surface area contributed by atoms with Gasteiger partial charge in [0.25, 0.3) is 0 Å². The van der Waals surface area contributed by atoms with Crippen LogP contribution >= 0.6 is 0 Å². The van der Waals surface area contributed by atoms with Gasteiger partial charge < -0.3 is 9.64 Å². The van der Waals surface area contributed by atoms with Gasteiger partial charge in [-0.2, -0.15) is 0 Å². The van der Waals surface area contributed by atoms with Crippen LogP contribution in [0.25, 0.3) is 0 Å². The first-order valence-electron chi connectivity index (χ1n) is 8.20. The number of amides is 1. The highest BCUT2D eigenvalue weighted by molar-refractivity contribution is 5.73. The molecule has 2 saturated heterocycles. The number of rotatable bonds is 2. The molecule has 4 heteroatoms. The Bertz CT molecular complexity index is 520. The molecule has 0 bridgehead atoms. The number of nitrogens with zero attached hydrogens (tertiary/aromatic N) is 1. The molecule has 2 aliphatic rings. The minimum atomic E-state index is -0.177. The molecule has 2 aliphatic heterocycles. The van der Waals surface area contributed by atoms with Crippen LogP contribution in [0.3, 0.4) is 0 Å². The first kappa shape index (κ1) is 15.5. The fourth-order valence-electron chi connectivity index (χ4n) is 3.83. The van der Waals surface area contributed by atoms with Crippen molar-refractivity contribution < 1.29 is 13.9 Å². The van der Waals surface area contributed by atoms with Gasteiger partial charge in [-0.05, 0) is 55.7 Å². The van der Waals surface area contributed by atoms with Crippen molar-refractivity contribution in [2.45, 2.75) is 44.6 Å². The molecule has 1 amide bonds. The van der Waals surface area contributed by atoms with Crippen molar-refractivity contribution in [2.75, 3.05) is 19.7 Å². The molecule has 0 aliphatic carbocycles. The second kappa shape index (κ2) is 6.37. The molecule has 1 atom stereocenters. The number of carbonyl (C=O) groups is 1. The van der Waals surface area contributed by atoms with E-state index in [9.17, 15) is 9.18 Å². The van der Waals surface area contributed by atoms with Crippen molar-refractivity contribution in [3.63, 3.8) is 0 Å². The molecule has 0 radical (unpaired) electrons. The highest BCUT2D eigenvalue weighted by Gasteiger charge is 2.40. The lowest BCUT2D eigenvalue weighted by Gasteiger charge is -2.46. The van der Waals surface area contributed by atoms with Crippen molar-refractivity contribution in [1.29, 1.82) is 0 Å². The number of halogens is 1. The number of hydrogen-bond acceptors (Lipinski definition) is 2. The van der Waals surface area contributed by atoms with Crippen LogP contribution in [0.15, 0.2) is 24.3 Å². The standard InChI is InChI=1S/C18H24FNO2/c1-14(21)20-9-7-18(8-10-20)13-16(6-11-22-18)12-15-2-4-17(19)5-3-15/h2-5,16H,6-13H2,1H3/t16-/m1/s1. The maximum Gasteiger partial charge on any atom is 0.219 e. The fraction of sp³-hybridized carbons (Fsp3) is 0.611. The second-order valence-electron chi connectivity index (χ2n) is 6.73. The molecule has 3 rings (SSSR count). The average Bonchev–Trinajstić information content (AvgIpc) is 2.50. The van der Waals surface area contributed by atoms with Gasteiger partial charge in [-0.25, -0.2) is 4.39 Å². The summed E-state index contributed by atoms with van der Waals surface area (Å²) in [5, 5.41) is 0. The van der Waals surface area contributed by atoms with E-state index in [1.165, 1.54) is 17.7 Å². The Morgan fingerprint density at radius 3 is 2.64 bits per heavy atom. The molecule has 0 unspecified atom stereocenters. The van der Waals surface area contributed by atoms with Crippen molar-refractivity contribution in [3.05, 3.63) is 35.6 Å². The lowest BCUT2D eigenvalue weighted by atomic mass is 9.77. The molecule has 2 fully saturated rings. The molecule has 1 aromatic carbocycles. The Hall–Kier alpha value is -1.42. The summed E-state index contributed by atoms with van der Waals surface area (Å²) in [6, 6.07) is 6.84. The largest absolute Gasteiger partial charge is 0.375 e. The van der Waals surface area contributed by atoms with Gasteiger partial charge in [-0.1, -0.05) is 12.1 Å². The van der Waals surface area contributed by atoms with Crippen LogP contribution in [0.2, 0.25) is 0 Å². The predicted octanol–water partition coefficient (Wildman–Crippen LogP) is 3.18. The van der Waals surface area contributed by atoms with Crippen molar-refractivity contribution in [1.82, 2.24) is 4.90 Å². The van der Waals surface area contributed by atoms with Gasteiger partial charge in [0.05, 0.1) is 5.60 Å². The molecular formula is C18H24FNO2. The summed E-state index contributed by atoms with van der Waals surface area (Å²) in [5.41, 5.74) is 1.15. The van der Waals surface area contributed by atoms with Crippen LogP contribution in [-0.2, 0) is 16.0 Å². The Labute approximate surface area is 131 Å². The number of likely N-dealkylation sites (tertiary alicyclic amines) is 1. The minimum Gasteiger partial charge on any atom is -0.375 e. The fourth-order valence-corrected chi connectivity index (χ4v) is 3.83. The third-order valence-electron chi connectivity index (χ3n) is 5.15. The highest BCUT2D eigenvalue weighted by atomic mass is 19.1. The quantitative estimate of drug-likeness (QED) is 0.840. The van der Waals surface area contributed by atoms with E-state index in [0.717, 1.165) is 51.8 Å². The number of piperidine rings is 1. The molecule has 1 spiro atoms. The summed E-state index contributed by atoms with van der Waals surface area (Å²) in [4.78, 5) is 13.4. The summed E-state index contributed by atoms with van der Waals surface area (Å²) in [5.74, 6) is 0.570. The number of ether oxygens (including phenoxy) is 1. The second-order valence-corrected chi connectivity index (χ2v) is 6.73. The zero-order valence-corrected chi connectivity index (χ0v) is 13.2. The minimum absolute atomic E-state index is 0.0467. The predicted molar refractivity (Wildman–Crippen MR) is 83.0 cm³/mol. The van der Waals surface area contributed by atoms with Gasteiger partial charge in [0.2, 0.25) is 5.91 Å². The average molecular weight is 305 g/mol. The molecule has 2 heterocycles. The molecule has 22 heavy (non-hydrogen) atoms. The zero-order valence-electron chi connectivity index (χ0n) is 13.2. The van der Waals surface area contributed by atoms with Crippen molar-refractivity contribution >= 4 is 5.91 Å². The smallest absolute Gasteiger partial charge is 0.219 e. The maximum atomic E-state index is 13.0. The zero-order chi connectivity index (χ0) is 15.6. The number of carbonyl (C=O) groups excluding carboxylic acids is 1. The third kappa shape index (κ3) is 3.49. The van der Waals surface area contributed by atoms with E-state index in [2.05, 4.69) is 0 Å². The Morgan fingerprint density at radius 2 is 2.00 bits per heavy atom. The Morgan fingerprint density at radius 1 is 1.32 bits per heavy atom. The summed E-state index contributed by atoms with van der Waals surface area (Å²) in [7, 11) is 0.